The zero-order valence-electron chi connectivity index (χ0n) is 8.02. The van der Waals surface area contributed by atoms with E-state index in [-0.39, 0.29) is 0 Å². The molecule has 92 valence electrons. The van der Waals surface area contributed by atoms with Gasteiger partial charge in [0.2, 0.25) is 0 Å². The van der Waals surface area contributed by atoms with Crippen molar-refractivity contribution in [2.75, 3.05) is 13.2 Å². The molecule has 0 spiro atoms. The first kappa shape index (κ1) is 14.8. The van der Waals surface area contributed by atoms with E-state index >= 15 is 0 Å². The van der Waals surface area contributed by atoms with Crippen LogP contribution in [0, 0.1) is 0 Å². The minimum atomic E-state index is -2.35. The minimum Gasteiger partial charge on any atom is -0.472 e. The topological polar surface area (TPSA) is 154 Å². The first-order chi connectivity index (χ1) is 7.42. The van der Waals surface area contributed by atoms with E-state index < -0.39 is 44.7 Å². The number of hydrogen-bond donors (Lipinski definition) is 5. The number of carbonyl (C=O) groups excluding carboxylic acids is 2. The van der Waals surface area contributed by atoms with Crippen LogP contribution in [-0.2, 0) is 18.9 Å². The molecule has 0 amide bonds. The smallest absolute Gasteiger partial charge is 0.472 e. The van der Waals surface area contributed by atoms with E-state index in [0.29, 0.717) is 0 Å². The maximum atomic E-state index is 10.7. The predicted molar refractivity (Wildman–Crippen MR) is 46.3 cm³/mol. The van der Waals surface area contributed by atoms with Crippen molar-refractivity contribution >= 4 is 19.3 Å². The molecule has 10 heteroatoms. The summed E-state index contributed by atoms with van der Waals surface area (Å²) in [6, 6.07) is 0. The average Bonchev–Trinajstić information content (AvgIpc) is 2.26. The standard InChI is InChI=1S/C6H11BO9/c8-1-3(10)5(12)15-7(14)16-6(13)4(11)2-9/h3-4,8-11,14H,1-2H2. The maximum Gasteiger partial charge on any atom is 0.789 e. The predicted octanol–water partition coefficient (Wildman–Crippen LogP) is -4.24. The summed E-state index contributed by atoms with van der Waals surface area (Å²) in [5.74, 6) is -2.83. The van der Waals surface area contributed by atoms with E-state index in [4.69, 9.17) is 25.5 Å². The molecule has 0 saturated heterocycles. The molecule has 0 aliphatic heterocycles. The largest absolute Gasteiger partial charge is 0.789 e. The molecule has 9 nitrogen and oxygen atoms in total. The summed E-state index contributed by atoms with van der Waals surface area (Å²) in [5, 5.41) is 42.8. The quantitative estimate of drug-likeness (QED) is 0.289. The molecule has 5 N–H and O–H groups in total. The lowest BCUT2D eigenvalue weighted by atomic mass is 10.2. The van der Waals surface area contributed by atoms with Gasteiger partial charge in [-0.15, -0.1) is 0 Å². The Kier molecular flexibility index (Phi) is 6.61. The normalized spacial score (nSPS) is 13.8. The van der Waals surface area contributed by atoms with Gasteiger partial charge >= 0.3 is 19.3 Å². The first-order valence-electron chi connectivity index (χ1n) is 4.09. The van der Waals surface area contributed by atoms with E-state index in [1.807, 2.05) is 0 Å². The summed E-state index contributed by atoms with van der Waals surface area (Å²) >= 11 is 0. The highest BCUT2D eigenvalue weighted by atomic mass is 16.7. The van der Waals surface area contributed by atoms with Crippen molar-refractivity contribution in [2.24, 2.45) is 0 Å². The highest BCUT2D eigenvalue weighted by Gasteiger charge is 2.31. The summed E-state index contributed by atoms with van der Waals surface area (Å²) in [5.41, 5.74) is 0. The van der Waals surface area contributed by atoms with Gasteiger partial charge in [-0.3, -0.25) is 9.59 Å². The molecule has 2 atom stereocenters. The molecule has 0 bridgehead atoms. The fourth-order valence-corrected chi connectivity index (χ4v) is 0.529. The zero-order chi connectivity index (χ0) is 12.7. The lowest BCUT2D eigenvalue weighted by molar-refractivity contribution is -0.154. The highest BCUT2D eigenvalue weighted by Crippen LogP contribution is 1.95. The fraction of sp³-hybridized carbons (Fsp3) is 0.667. The molecular weight excluding hydrogens is 227 g/mol. The zero-order valence-corrected chi connectivity index (χ0v) is 8.02. The maximum absolute atomic E-state index is 10.7. The Balaban J connectivity index is 4.03. The third-order valence-corrected chi connectivity index (χ3v) is 1.32. The van der Waals surface area contributed by atoms with Gasteiger partial charge in [-0.05, 0) is 0 Å². The van der Waals surface area contributed by atoms with Gasteiger partial charge < -0.3 is 34.8 Å². The molecule has 2 unspecified atom stereocenters. The molecular formula is C6H11BO9. The van der Waals surface area contributed by atoms with Crippen LogP contribution in [0.15, 0.2) is 0 Å². The van der Waals surface area contributed by atoms with Crippen LogP contribution in [0.5, 0.6) is 0 Å². The molecule has 0 fully saturated rings. The van der Waals surface area contributed by atoms with E-state index in [0.717, 1.165) is 0 Å². The number of carbonyl (C=O) groups is 2. The van der Waals surface area contributed by atoms with Gasteiger partial charge in [0.1, 0.15) is 0 Å². The van der Waals surface area contributed by atoms with Crippen LogP contribution in [0.25, 0.3) is 0 Å². The molecule has 0 rings (SSSR count). The second kappa shape index (κ2) is 7.14. The molecule has 0 aliphatic rings. The summed E-state index contributed by atoms with van der Waals surface area (Å²) in [6.07, 6.45) is -3.76. The summed E-state index contributed by atoms with van der Waals surface area (Å²) in [7, 11) is -2.35. The Morgan fingerprint density at radius 3 is 1.56 bits per heavy atom. The molecule has 0 heterocycles. The second-order valence-corrected chi connectivity index (χ2v) is 2.58. The van der Waals surface area contributed by atoms with Crippen molar-refractivity contribution in [3.8, 4) is 0 Å². The number of rotatable bonds is 6. The van der Waals surface area contributed by atoms with Crippen LogP contribution in [0.3, 0.4) is 0 Å². The van der Waals surface area contributed by atoms with Crippen molar-refractivity contribution in [2.45, 2.75) is 12.2 Å². The van der Waals surface area contributed by atoms with E-state index in [1.54, 1.807) is 0 Å². The first-order valence-corrected chi connectivity index (χ1v) is 4.09. The van der Waals surface area contributed by atoms with Crippen molar-refractivity contribution in [3.05, 3.63) is 0 Å². The van der Waals surface area contributed by atoms with Gasteiger partial charge in [0.15, 0.2) is 12.2 Å². The van der Waals surface area contributed by atoms with Crippen LogP contribution in [0.2, 0.25) is 0 Å². The van der Waals surface area contributed by atoms with Gasteiger partial charge in [-0.1, -0.05) is 0 Å². The van der Waals surface area contributed by atoms with Crippen molar-refractivity contribution in [1.29, 1.82) is 0 Å². The van der Waals surface area contributed by atoms with Crippen molar-refractivity contribution in [1.82, 2.24) is 0 Å². The van der Waals surface area contributed by atoms with Gasteiger partial charge in [-0.25, -0.2) is 0 Å². The van der Waals surface area contributed by atoms with Crippen LogP contribution in [0.4, 0.5) is 0 Å². The summed E-state index contributed by atoms with van der Waals surface area (Å²) in [4.78, 5) is 21.4. The van der Waals surface area contributed by atoms with Crippen LogP contribution in [-0.4, -0.2) is 70.1 Å². The van der Waals surface area contributed by atoms with Gasteiger partial charge in [0.05, 0.1) is 13.2 Å². The Morgan fingerprint density at radius 2 is 1.31 bits per heavy atom. The molecule has 0 aromatic carbocycles. The molecule has 0 saturated carbocycles. The van der Waals surface area contributed by atoms with Crippen LogP contribution < -0.4 is 0 Å². The Labute approximate surface area is 90.0 Å². The second-order valence-electron chi connectivity index (χ2n) is 2.58. The Bertz CT molecular complexity index is 220. The van der Waals surface area contributed by atoms with Crippen molar-refractivity contribution < 1.29 is 44.3 Å². The molecule has 0 aliphatic carbocycles. The van der Waals surface area contributed by atoms with Crippen LogP contribution >= 0.6 is 0 Å². The minimum absolute atomic E-state index is 0.932. The Hall–Kier alpha value is -1.20. The molecule has 0 aromatic heterocycles. The van der Waals surface area contributed by atoms with E-state index in [9.17, 15) is 9.59 Å². The number of aliphatic hydroxyl groups excluding tert-OH is 4. The average molecular weight is 238 g/mol. The molecule has 16 heavy (non-hydrogen) atoms. The number of hydrogen-bond acceptors (Lipinski definition) is 9. The highest BCUT2D eigenvalue weighted by molar-refractivity contribution is 6.40. The SMILES string of the molecule is O=C(OB(O)OC(=O)C(O)CO)C(O)CO. The summed E-state index contributed by atoms with van der Waals surface area (Å²) < 4.78 is 7.88. The lowest BCUT2D eigenvalue weighted by Gasteiger charge is -2.12. The lowest BCUT2D eigenvalue weighted by Crippen LogP contribution is -2.39. The van der Waals surface area contributed by atoms with Gasteiger partial charge in [0, 0.05) is 0 Å². The van der Waals surface area contributed by atoms with Crippen LogP contribution in [0.1, 0.15) is 0 Å². The summed E-state index contributed by atoms with van der Waals surface area (Å²) in [6.45, 7) is -1.86. The third kappa shape index (κ3) is 5.05. The van der Waals surface area contributed by atoms with Gasteiger partial charge in [-0.2, -0.15) is 0 Å². The van der Waals surface area contributed by atoms with Crippen molar-refractivity contribution in [3.63, 3.8) is 0 Å². The fourth-order valence-electron chi connectivity index (χ4n) is 0.529. The van der Waals surface area contributed by atoms with E-state index in [2.05, 4.69) is 9.31 Å². The monoisotopic (exact) mass is 238 g/mol. The van der Waals surface area contributed by atoms with E-state index in [1.165, 1.54) is 0 Å². The Morgan fingerprint density at radius 1 is 1.00 bits per heavy atom. The molecule has 0 radical (unpaired) electrons. The molecule has 0 aromatic rings. The third-order valence-electron chi connectivity index (χ3n) is 1.32. The number of aliphatic hydroxyl groups is 4. The van der Waals surface area contributed by atoms with Gasteiger partial charge in [0.25, 0.3) is 0 Å².